The van der Waals surface area contributed by atoms with Crippen LogP contribution in [0.3, 0.4) is 0 Å². The summed E-state index contributed by atoms with van der Waals surface area (Å²) < 4.78 is 2.16. The molecule has 2 aromatic carbocycles. The molecule has 3 aromatic rings. The zero-order valence-electron chi connectivity index (χ0n) is 19.5. The highest BCUT2D eigenvalue weighted by atomic mass is 35.5. The zero-order valence-corrected chi connectivity index (χ0v) is 20.2. The van der Waals surface area contributed by atoms with Crippen molar-refractivity contribution in [2.24, 2.45) is 11.7 Å². The third kappa shape index (κ3) is 4.75. The molecule has 0 fully saturated rings. The van der Waals surface area contributed by atoms with E-state index in [-0.39, 0.29) is 11.7 Å². The summed E-state index contributed by atoms with van der Waals surface area (Å²) >= 11 is 6.22. The van der Waals surface area contributed by atoms with Crippen LogP contribution in [-0.4, -0.2) is 42.1 Å². The molecule has 0 aliphatic heterocycles. The lowest BCUT2D eigenvalue weighted by molar-refractivity contribution is 0.0910. The number of aryl methyl sites for hydroxylation is 1. The van der Waals surface area contributed by atoms with Gasteiger partial charge in [-0.1, -0.05) is 29.8 Å². The highest BCUT2D eigenvalue weighted by Crippen LogP contribution is 2.33. The number of likely N-dealkylation sites (N-methyl/N-ethyl adjacent to an activating group) is 1. The fraction of sp³-hybridized carbons (Fsp3) is 0.333. The van der Waals surface area contributed by atoms with Crippen molar-refractivity contribution in [2.45, 2.75) is 32.7 Å². The Morgan fingerprint density at radius 1 is 1.24 bits per heavy atom. The maximum absolute atomic E-state index is 13.7. The SMILES string of the molecule is C/C(N)=C(/C=N)c1ccc2c(C(=O)C3CCc4ccc(Cl)cc4C3)cn(CCN(C)C)c2c1. The van der Waals surface area contributed by atoms with E-state index in [9.17, 15) is 4.79 Å². The van der Waals surface area contributed by atoms with Crippen LogP contribution >= 0.6 is 11.6 Å². The van der Waals surface area contributed by atoms with Crippen molar-refractivity contribution in [3.05, 3.63) is 75.6 Å². The summed E-state index contributed by atoms with van der Waals surface area (Å²) in [6, 6.07) is 12.0. The van der Waals surface area contributed by atoms with Gasteiger partial charge in [-0.25, -0.2) is 0 Å². The number of hydrogen-bond donors (Lipinski definition) is 2. The lowest BCUT2D eigenvalue weighted by Crippen LogP contribution is -2.23. The van der Waals surface area contributed by atoms with Crippen molar-refractivity contribution >= 4 is 40.1 Å². The molecule has 3 N–H and O–H groups in total. The summed E-state index contributed by atoms with van der Waals surface area (Å²) in [6.07, 6.45) is 5.78. The Hall–Kier alpha value is -2.89. The molecule has 172 valence electrons. The van der Waals surface area contributed by atoms with Crippen LogP contribution in [0.15, 0.2) is 48.3 Å². The van der Waals surface area contributed by atoms with Crippen LogP contribution in [0.1, 0.15) is 40.4 Å². The topological polar surface area (TPSA) is 75.1 Å². The molecule has 1 unspecified atom stereocenters. The van der Waals surface area contributed by atoms with Crippen LogP contribution in [0, 0.1) is 11.3 Å². The Bertz CT molecular complexity index is 1250. The minimum absolute atomic E-state index is 0.0492. The van der Waals surface area contributed by atoms with Crippen LogP contribution < -0.4 is 5.73 Å². The van der Waals surface area contributed by atoms with Crippen molar-refractivity contribution in [1.82, 2.24) is 9.47 Å². The zero-order chi connectivity index (χ0) is 23.7. The first kappa shape index (κ1) is 23.3. The number of allylic oxidation sites excluding steroid dienone is 2. The van der Waals surface area contributed by atoms with Gasteiger partial charge in [0.05, 0.1) is 0 Å². The average Bonchev–Trinajstić information content (AvgIpc) is 3.15. The number of benzene rings is 2. The van der Waals surface area contributed by atoms with Crippen molar-refractivity contribution in [3.63, 3.8) is 0 Å². The van der Waals surface area contributed by atoms with Crippen molar-refractivity contribution in [2.75, 3.05) is 20.6 Å². The maximum Gasteiger partial charge on any atom is 0.168 e. The van der Waals surface area contributed by atoms with Crippen LogP contribution in [0.4, 0.5) is 0 Å². The van der Waals surface area contributed by atoms with E-state index in [0.29, 0.717) is 11.3 Å². The molecule has 1 aliphatic rings. The van der Waals surface area contributed by atoms with E-state index in [1.807, 2.05) is 44.6 Å². The third-order valence-electron chi connectivity index (χ3n) is 6.58. The van der Waals surface area contributed by atoms with Gasteiger partial charge in [-0.3, -0.25) is 4.79 Å². The minimum atomic E-state index is -0.0492. The molecule has 0 radical (unpaired) electrons. The van der Waals surface area contributed by atoms with E-state index < -0.39 is 0 Å². The highest BCUT2D eigenvalue weighted by Gasteiger charge is 2.28. The molecular weight excluding hydrogens is 432 g/mol. The summed E-state index contributed by atoms with van der Waals surface area (Å²) in [4.78, 5) is 15.9. The number of ketones is 1. The number of nitrogens with zero attached hydrogens (tertiary/aromatic N) is 2. The molecule has 0 spiro atoms. The smallest absolute Gasteiger partial charge is 0.168 e. The Morgan fingerprint density at radius 3 is 2.73 bits per heavy atom. The molecule has 1 aromatic heterocycles. The minimum Gasteiger partial charge on any atom is -0.402 e. The van der Waals surface area contributed by atoms with E-state index in [1.165, 1.54) is 17.3 Å². The Labute approximate surface area is 200 Å². The lowest BCUT2D eigenvalue weighted by Gasteiger charge is -2.23. The highest BCUT2D eigenvalue weighted by molar-refractivity contribution is 6.30. The molecule has 0 saturated heterocycles. The molecule has 33 heavy (non-hydrogen) atoms. The van der Waals surface area contributed by atoms with E-state index >= 15 is 0 Å². The monoisotopic (exact) mass is 462 g/mol. The fourth-order valence-corrected chi connectivity index (χ4v) is 4.94. The average molecular weight is 463 g/mol. The summed E-state index contributed by atoms with van der Waals surface area (Å²) in [5.74, 6) is 0.145. The second-order valence-electron chi connectivity index (χ2n) is 9.23. The van der Waals surface area contributed by atoms with Gasteiger partial charge in [-0.05, 0) is 75.2 Å². The summed E-state index contributed by atoms with van der Waals surface area (Å²) in [6.45, 7) is 3.44. The molecule has 6 heteroatoms. The summed E-state index contributed by atoms with van der Waals surface area (Å²) in [7, 11) is 4.09. The van der Waals surface area contributed by atoms with Crippen molar-refractivity contribution in [3.8, 4) is 0 Å². The van der Waals surface area contributed by atoms with E-state index in [0.717, 1.165) is 59.4 Å². The maximum atomic E-state index is 13.7. The molecule has 0 saturated carbocycles. The number of aromatic nitrogens is 1. The predicted octanol–water partition coefficient (Wildman–Crippen LogP) is 5.18. The van der Waals surface area contributed by atoms with E-state index in [4.69, 9.17) is 22.7 Å². The Balaban J connectivity index is 1.74. The predicted molar refractivity (Wildman–Crippen MR) is 137 cm³/mol. The second kappa shape index (κ2) is 9.54. The van der Waals surface area contributed by atoms with Gasteiger partial charge in [0.25, 0.3) is 0 Å². The van der Waals surface area contributed by atoms with Gasteiger partial charge < -0.3 is 20.6 Å². The first-order valence-corrected chi connectivity index (χ1v) is 11.7. The summed E-state index contributed by atoms with van der Waals surface area (Å²) in [5, 5.41) is 9.45. The molecule has 4 rings (SSSR count). The van der Waals surface area contributed by atoms with E-state index in [2.05, 4.69) is 21.6 Å². The quantitative estimate of drug-likeness (QED) is 0.375. The second-order valence-corrected chi connectivity index (χ2v) is 9.67. The van der Waals surface area contributed by atoms with Crippen molar-refractivity contribution < 1.29 is 4.79 Å². The number of Topliss-reactive ketones (excluding diaryl/α,β-unsaturated/α-hetero) is 1. The third-order valence-corrected chi connectivity index (χ3v) is 6.82. The van der Waals surface area contributed by atoms with Gasteiger partial charge >= 0.3 is 0 Å². The molecule has 0 bridgehead atoms. The Kier molecular flexibility index (Phi) is 6.73. The molecule has 0 amide bonds. The van der Waals surface area contributed by atoms with Gasteiger partial charge in [-0.2, -0.15) is 0 Å². The standard InChI is InChI=1S/C27H31ClN4O/c1-17(30)24(15-29)19-7-9-23-25(16-32(26(23)14-19)11-10-31(2)3)27(33)20-5-4-18-6-8-22(28)13-21(18)12-20/h6-9,13-16,20,29H,4-5,10-12,30H2,1-3H3/b24-17+,29-15?. The Morgan fingerprint density at radius 2 is 2.03 bits per heavy atom. The molecule has 1 atom stereocenters. The molecule has 1 aliphatic carbocycles. The van der Waals surface area contributed by atoms with Gasteiger partial charge in [0.2, 0.25) is 0 Å². The van der Waals surface area contributed by atoms with Gasteiger partial charge in [-0.15, -0.1) is 0 Å². The number of carbonyl (C=O) groups excluding carboxylic acids is 1. The largest absolute Gasteiger partial charge is 0.402 e. The lowest BCUT2D eigenvalue weighted by atomic mass is 9.80. The van der Waals surface area contributed by atoms with Crippen molar-refractivity contribution in [1.29, 1.82) is 5.41 Å². The first-order chi connectivity index (χ1) is 15.8. The van der Waals surface area contributed by atoms with Crippen LogP contribution in [-0.2, 0) is 19.4 Å². The number of fused-ring (bicyclic) bond motifs is 2. The van der Waals surface area contributed by atoms with Gasteiger partial charge in [0.15, 0.2) is 5.78 Å². The van der Waals surface area contributed by atoms with Crippen LogP contribution in [0.2, 0.25) is 5.02 Å². The molecule has 5 nitrogen and oxygen atoms in total. The molecule has 1 heterocycles. The number of hydrogen-bond acceptors (Lipinski definition) is 4. The number of rotatable bonds is 7. The summed E-state index contributed by atoms with van der Waals surface area (Å²) in [5.41, 5.74) is 12.5. The number of halogens is 1. The van der Waals surface area contributed by atoms with Crippen LogP contribution in [0.25, 0.3) is 16.5 Å². The normalized spacial score (nSPS) is 16.6. The van der Waals surface area contributed by atoms with Gasteiger partial charge in [0, 0.05) is 64.2 Å². The van der Waals surface area contributed by atoms with Gasteiger partial charge in [0.1, 0.15) is 0 Å². The van der Waals surface area contributed by atoms with Crippen LogP contribution in [0.5, 0.6) is 0 Å². The number of nitrogens with one attached hydrogen (secondary N) is 1. The fourth-order valence-electron chi connectivity index (χ4n) is 4.74. The number of nitrogens with two attached hydrogens (primary N) is 1. The van der Waals surface area contributed by atoms with E-state index in [1.54, 1.807) is 6.92 Å². The molecular formula is C27H31ClN4O. The first-order valence-electron chi connectivity index (χ1n) is 11.3. The number of carbonyl (C=O) groups is 1.